The van der Waals surface area contributed by atoms with E-state index >= 15 is 0 Å². The van der Waals surface area contributed by atoms with E-state index in [-0.39, 0.29) is 6.54 Å². The van der Waals surface area contributed by atoms with E-state index in [9.17, 15) is 29.7 Å². The van der Waals surface area contributed by atoms with Crippen LogP contribution in [-0.2, 0) is 14.4 Å². The molecular formula is C29H53NO6. The monoisotopic (exact) mass is 511 g/mol. The van der Waals surface area contributed by atoms with Gasteiger partial charge in [-0.2, -0.15) is 0 Å². The van der Waals surface area contributed by atoms with E-state index in [0.717, 1.165) is 25.7 Å². The molecule has 0 fully saturated rings. The summed E-state index contributed by atoms with van der Waals surface area (Å²) >= 11 is 0. The summed E-state index contributed by atoms with van der Waals surface area (Å²) in [6.45, 7) is 6.54. The Kier molecular flexibility index (Phi) is 19.1. The van der Waals surface area contributed by atoms with Crippen LogP contribution in [-0.4, -0.2) is 57.3 Å². The fourth-order valence-corrected chi connectivity index (χ4v) is 5.19. The van der Waals surface area contributed by atoms with Crippen molar-refractivity contribution in [1.82, 2.24) is 0 Å². The summed E-state index contributed by atoms with van der Waals surface area (Å²) in [6.07, 6.45) is 23.3. The van der Waals surface area contributed by atoms with E-state index in [1.807, 2.05) is 0 Å². The van der Waals surface area contributed by atoms with Crippen LogP contribution in [0, 0.1) is 0 Å². The number of hydrogen-bond acceptors (Lipinski definition) is 4. The van der Waals surface area contributed by atoms with Crippen molar-refractivity contribution in [3.05, 3.63) is 12.2 Å². The lowest BCUT2D eigenvalue weighted by molar-refractivity contribution is -0.969. The van der Waals surface area contributed by atoms with Crippen molar-refractivity contribution in [2.45, 2.75) is 149 Å². The van der Waals surface area contributed by atoms with Crippen LogP contribution in [0.4, 0.5) is 0 Å². The van der Waals surface area contributed by atoms with Gasteiger partial charge in [-0.1, -0.05) is 89.7 Å². The SMILES string of the molecule is CCC/C=C/CCCCCCCCCCCCCCC[N+](C(C)C(=O)[O-])(C(C)C(=O)O)C(C)C(=O)O. The fraction of sp³-hybridized carbons (Fsp3) is 0.828. The van der Waals surface area contributed by atoms with Gasteiger partial charge < -0.3 is 20.1 Å². The molecule has 0 aliphatic rings. The largest absolute Gasteiger partial charge is 0.544 e. The molecule has 0 aliphatic heterocycles. The third-order valence-electron chi connectivity index (χ3n) is 7.76. The minimum absolute atomic E-state index is 0.186. The Morgan fingerprint density at radius 3 is 1.36 bits per heavy atom. The van der Waals surface area contributed by atoms with Gasteiger partial charge in [-0.05, 0) is 52.9 Å². The fourth-order valence-electron chi connectivity index (χ4n) is 5.19. The summed E-state index contributed by atoms with van der Waals surface area (Å²) in [4.78, 5) is 35.2. The highest BCUT2D eigenvalue weighted by Crippen LogP contribution is 2.27. The molecule has 3 atom stereocenters. The summed E-state index contributed by atoms with van der Waals surface area (Å²) in [5, 5.41) is 30.9. The molecular weight excluding hydrogens is 458 g/mol. The van der Waals surface area contributed by atoms with Crippen LogP contribution in [0.5, 0.6) is 0 Å². The third-order valence-corrected chi connectivity index (χ3v) is 7.76. The molecule has 0 aromatic rings. The van der Waals surface area contributed by atoms with Crippen molar-refractivity contribution in [1.29, 1.82) is 0 Å². The number of carboxylic acid groups (broad SMARTS) is 3. The lowest BCUT2D eigenvalue weighted by Crippen LogP contribution is -2.72. The summed E-state index contributed by atoms with van der Waals surface area (Å²) in [5.74, 6) is -3.82. The van der Waals surface area contributed by atoms with Crippen molar-refractivity contribution in [3.63, 3.8) is 0 Å². The molecule has 0 amide bonds. The third kappa shape index (κ3) is 12.9. The van der Waals surface area contributed by atoms with Gasteiger partial charge in [0.05, 0.1) is 12.5 Å². The summed E-state index contributed by atoms with van der Waals surface area (Å²) in [6, 6.07) is -3.55. The summed E-state index contributed by atoms with van der Waals surface area (Å²) in [7, 11) is 0. The zero-order chi connectivity index (χ0) is 27.4. The zero-order valence-electron chi connectivity index (χ0n) is 23.4. The van der Waals surface area contributed by atoms with Gasteiger partial charge in [0, 0.05) is 0 Å². The molecule has 0 radical (unpaired) electrons. The van der Waals surface area contributed by atoms with Crippen LogP contribution in [0.1, 0.15) is 130 Å². The standard InChI is InChI=1S/C29H53NO6/c1-5-6-7-8-9-10-11-12-13-14-15-16-17-18-19-20-21-22-23-30(24(2)27(31)32,25(3)28(33)34)26(4)29(35)36/h7-8,24-26H,5-6,9-23H2,1-4H3,(H2-,31,32,33,34,35,36)/b8-7+. The Labute approximate surface area is 219 Å². The minimum atomic E-state index is -1.42. The van der Waals surface area contributed by atoms with Crippen molar-refractivity contribution >= 4 is 17.9 Å². The number of carboxylic acids is 3. The van der Waals surface area contributed by atoms with Gasteiger partial charge in [0.25, 0.3) is 0 Å². The van der Waals surface area contributed by atoms with Crippen LogP contribution in [0.25, 0.3) is 0 Å². The molecule has 2 N–H and O–H groups in total. The van der Waals surface area contributed by atoms with Crippen molar-refractivity contribution < 1.29 is 34.2 Å². The molecule has 0 spiro atoms. The molecule has 0 rings (SSSR count). The smallest absolute Gasteiger partial charge is 0.362 e. The van der Waals surface area contributed by atoms with E-state index in [0.29, 0.717) is 6.42 Å². The Balaban J connectivity index is 4.18. The van der Waals surface area contributed by atoms with Gasteiger partial charge in [0.15, 0.2) is 12.1 Å². The van der Waals surface area contributed by atoms with Gasteiger partial charge in [-0.3, -0.25) is 4.48 Å². The number of quaternary nitrogens is 1. The second kappa shape index (κ2) is 20.2. The first kappa shape index (κ1) is 34.1. The van der Waals surface area contributed by atoms with Crippen LogP contribution in [0.15, 0.2) is 12.2 Å². The second-order valence-corrected chi connectivity index (χ2v) is 10.4. The molecule has 0 saturated carbocycles. The van der Waals surface area contributed by atoms with Gasteiger partial charge in [0.1, 0.15) is 6.04 Å². The van der Waals surface area contributed by atoms with E-state index in [2.05, 4.69) is 19.1 Å². The van der Waals surface area contributed by atoms with Crippen LogP contribution < -0.4 is 5.11 Å². The number of allylic oxidation sites excluding steroid dienone is 2. The molecule has 0 saturated heterocycles. The van der Waals surface area contributed by atoms with Crippen molar-refractivity contribution in [2.75, 3.05) is 6.54 Å². The highest BCUT2D eigenvalue weighted by atomic mass is 16.4. The number of hydrogen-bond donors (Lipinski definition) is 2. The van der Waals surface area contributed by atoms with E-state index in [1.54, 1.807) is 0 Å². The zero-order valence-corrected chi connectivity index (χ0v) is 23.4. The maximum absolute atomic E-state index is 11.8. The molecule has 0 aliphatic carbocycles. The van der Waals surface area contributed by atoms with E-state index in [4.69, 9.17) is 0 Å². The number of carbonyl (C=O) groups is 3. The average molecular weight is 512 g/mol. The molecule has 0 aromatic heterocycles. The predicted octanol–water partition coefficient (Wildman–Crippen LogP) is 5.71. The van der Waals surface area contributed by atoms with Gasteiger partial charge in [-0.25, -0.2) is 9.59 Å². The Morgan fingerprint density at radius 1 is 0.639 bits per heavy atom. The second-order valence-electron chi connectivity index (χ2n) is 10.4. The van der Waals surface area contributed by atoms with E-state index < -0.39 is 40.5 Å². The lowest BCUT2D eigenvalue weighted by Gasteiger charge is -2.49. The molecule has 210 valence electrons. The maximum Gasteiger partial charge on any atom is 0.362 e. The van der Waals surface area contributed by atoms with Crippen molar-refractivity contribution in [3.8, 4) is 0 Å². The molecule has 7 nitrogen and oxygen atoms in total. The Morgan fingerprint density at radius 2 is 1.00 bits per heavy atom. The van der Waals surface area contributed by atoms with Crippen molar-refractivity contribution in [2.24, 2.45) is 0 Å². The summed E-state index contributed by atoms with van der Waals surface area (Å²) in [5.41, 5.74) is 0. The number of unbranched alkanes of at least 4 members (excludes halogenated alkanes) is 14. The molecule has 36 heavy (non-hydrogen) atoms. The van der Waals surface area contributed by atoms with Crippen LogP contribution in [0.3, 0.4) is 0 Å². The molecule has 7 heteroatoms. The molecule has 0 aromatic carbocycles. The van der Waals surface area contributed by atoms with Gasteiger partial charge in [-0.15, -0.1) is 0 Å². The summed E-state index contributed by atoms with van der Waals surface area (Å²) < 4.78 is -0.539. The molecule has 0 heterocycles. The van der Waals surface area contributed by atoms with Gasteiger partial charge >= 0.3 is 11.9 Å². The van der Waals surface area contributed by atoms with E-state index in [1.165, 1.54) is 91.4 Å². The van der Waals surface area contributed by atoms with Gasteiger partial charge in [0.2, 0.25) is 0 Å². The topological polar surface area (TPSA) is 115 Å². The minimum Gasteiger partial charge on any atom is -0.544 e. The van der Waals surface area contributed by atoms with Crippen LogP contribution in [0.2, 0.25) is 0 Å². The highest BCUT2D eigenvalue weighted by Gasteiger charge is 2.50. The molecule has 3 unspecified atom stereocenters. The Hall–Kier alpha value is -1.89. The Bertz CT molecular complexity index is 597. The maximum atomic E-state index is 11.8. The lowest BCUT2D eigenvalue weighted by atomic mass is 10.00. The highest BCUT2D eigenvalue weighted by molar-refractivity contribution is 5.76. The first-order valence-corrected chi connectivity index (χ1v) is 14.3. The van der Waals surface area contributed by atoms with Crippen LogP contribution >= 0.6 is 0 Å². The number of carbonyl (C=O) groups excluding carboxylic acids is 1. The molecule has 0 bridgehead atoms. The average Bonchev–Trinajstić information content (AvgIpc) is 2.84. The number of aliphatic carboxylic acids is 3. The quantitative estimate of drug-likeness (QED) is 0.0975. The normalized spacial score (nSPS) is 15.9. The first-order valence-electron chi connectivity index (χ1n) is 14.3. The number of nitrogens with zero attached hydrogens (tertiary/aromatic N) is 1. The number of rotatable bonds is 24. The first-order chi connectivity index (χ1) is 17.1. The predicted molar refractivity (Wildman–Crippen MR) is 142 cm³/mol.